The second-order valence-corrected chi connectivity index (χ2v) is 8.09. The molecule has 0 fully saturated rings. The lowest BCUT2D eigenvalue weighted by Gasteiger charge is -2.33. The van der Waals surface area contributed by atoms with Crippen LogP contribution in [0.2, 0.25) is 0 Å². The monoisotopic (exact) mass is 306 g/mol. The fraction of sp³-hybridized carbons (Fsp3) is 0.632. The average molecular weight is 306 g/mol. The van der Waals surface area contributed by atoms with Crippen molar-refractivity contribution in [3.8, 4) is 5.75 Å². The lowest BCUT2D eigenvalue weighted by atomic mass is 9.72. The molecule has 22 heavy (non-hydrogen) atoms. The molecule has 0 bridgehead atoms. The van der Waals surface area contributed by atoms with Crippen LogP contribution in [0.25, 0.3) is 0 Å². The first-order valence-corrected chi connectivity index (χ1v) is 7.86. The minimum atomic E-state index is -0.776. The van der Waals surface area contributed by atoms with Crippen LogP contribution in [0.1, 0.15) is 59.1 Å². The van der Waals surface area contributed by atoms with Crippen molar-refractivity contribution in [2.45, 2.75) is 59.8 Å². The van der Waals surface area contributed by atoms with Crippen molar-refractivity contribution in [2.75, 3.05) is 7.11 Å². The van der Waals surface area contributed by atoms with E-state index in [0.717, 1.165) is 17.7 Å². The molecule has 0 saturated carbocycles. The summed E-state index contributed by atoms with van der Waals surface area (Å²) in [5.74, 6) is -0.431. The van der Waals surface area contributed by atoms with E-state index in [1.54, 1.807) is 14.0 Å². The predicted molar refractivity (Wildman–Crippen MR) is 90.6 cm³/mol. The Bertz CT molecular complexity index is 524. The SMILES string of the molecule is COc1ccc(C(C)(C)CC(C)(C)C)cc1CC(C)C(=O)O. The molecule has 0 radical (unpaired) electrons. The molecule has 124 valence electrons. The Morgan fingerprint density at radius 2 is 1.82 bits per heavy atom. The van der Waals surface area contributed by atoms with Gasteiger partial charge in [0.15, 0.2) is 0 Å². The molecule has 1 rings (SSSR count). The Labute approximate surface area is 134 Å². The number of hydrogen-bond acceptors (Lipinski definition) is 2. The first-order chi connectivity index (χ1) is 9.96. The maximum Gasteiger partial charge on any atom is 0.306 e. The highest BCUT2D eigenvalue weighted by Gasteiger charge is 2.28. The number of methoxy groups -OCH3 is 1. The van der Waals surface area contributed by atoms with Crippen molar-refractivity contribution in [1.29, 1.82) is 0 Å². The molecule has 0 aromatic heterocycles. The van der Waals surface area contributed by atoms with Crippen molar-refractivity contribution in [1.82, 2.24) is 0 Å². The average Bonchev–Trinajstić information content (AvgIpc) is 2.35. The number of benzene rings is 1. The summed E-state index contributed by atoms with van der Waals surface area (Å²) >= 11 is 0. The molecule has 1 aromatic rings. The van der Waals surface area contributed by atoms with Crippen LogP contribution in [0.4, 0.5) is 0 Å². The zero-order valence-corrected chi connectivity index (χ0v) is 15.0. The molecule has 0 spiro atoms. The van der Waals surface area contributed by atoms with Crippen LogP contribution in [0.3, 0.4) is 0 Å². The maximum absolute atomic E-state index is 11.1. The summed E-state index contributed by atoms with van der Waals surface area (Å²) in [4.78, 5) is 11.1. The molecule has 0 aliphatic heterocycles. The number of aliphatic carboxylic acids is 1. The molecular weight excluding hydrogens is 276 g/mol. The number of carboxylic acids is 1. The molecule has 1 N–H and O–H groups in total. The number of ether oxygens (including phenoxy) is 1. The number of hydrogen-bond donors (Lipinski definition) is 1. The van der Waals surface area contributed by atoms with Gasteiger partial charge in [-0.1, -0.05) is 53.7 Å². The topological polar surface area (TPSA) is 46.5 Å². The molecule has 0 aliphatic rings. The van der Waals surface area contributed by atoms with Gasteiger partial charge in [-0.05, 0) is 40.9 Å². The van der Waals surface area contributed by atoms with Crippen LogP contribution < -0.4 is 4.74 Å². The van der Waals surface area contributed by atoms with Gasteiger partial charge in [0, 0.05) is 0 Å². The largest absolute Gasteiger partial charge is 0.496 e. The Kier molecular flexibility index (Phi) is 5.66. The molecular formula is C19H30O3. The summed E-state index contributed by atoms with van der Waals surface area (Å²) in [7, 11) is 1.63. The second kappa shape index (κ2) is 6.72. The number of rotatable bonds is 6. The van der Waals surface area contributed by atoms with Crippen molar-refractivity contribution < 1.29 is 14.6 Å². The lowest BCUT2D eigenvalue weighted by molar-refractivity contribution is -0.141. The van der Waals surface area contributed by atoms with Crippen molar-refractivity contribution in [2.24, 2.45) is 11.3 Å². The van der Waals surface area contributed by atoms with E-state index in [0.29, 0.717) is 6.42 Å². The van der Waals surface area contributed by atoms with Crippen LogP contribution in [-0.4, -0.2) is 18.2 Å². The molecule has 0 heterocycles. The van der Waals surface area contributed by atoms with Gasteiger partial charge in [-0.2, -0.15) is 0 Å². The highest BCUT2D eigenvalue weighted by Crippen LogP contribution is 2.38. The van der Waals surface area contributed by atoms with Gasteiger partial charge in [0.2, 0.25) is 0 Å². The minimum absolute atomic E-state index is 0.0335. The smallest absolute Gasteiger partial charge is 0.306 e. The van der Waals surface area contributed by atoms with E-state index in [-0.39, 0.29) is 10.8 Å². The Morgan fingerprint density at radius 3 is 2.27 bits per heavy atom. The Hall–Kier alpha value is -1.51. The van der Waals surface area contributed by atoms with E-state index in [1.807, 2.05) is 6.07 Å². The minimum Gasteiger partial charge on any atom is -0.496 e. The molecule has 3 nitrogen and oxygen atoms in total. The van der Waals surface area contributed by atoms with Crippen molar-refractivity contribution in [3.63, 3.8) is 0 Å². The van der Waals surface area contributed by atoms with Gasteiger partial charge in [0.25, 0.3) is 0 Å². The van der Waals surface area contributed by atoms with Gasteiger partial charge in [-0.15, -0.1) is 0 Å². The molecule has 1 atom stereocenters. The Balaban J connectivity index is 3.16. The first kappa shape index (κ1) is 18.5. The Morgan fingerprint density at radius 1 is 1.23 bits per heavy atom. The molecule has 3 heteroatoms. The van der Waals surface area contributed by atoms with Gasteiger partial charge in [-0.25, -0.2) is 0 Å². The zero-order chi connectivity index (χ0) is 17.1. The van der Waals surface area contributed by atoms with E-state index in [1.165, 1.54) is 5.56 Å². The van der Waals surface area contributed by atoms with Crippen LogP contribution in [0.15, 0.2) is 18.2 Å². The van der Waals surface area contributed by atoms with E-state index < -0.39 is 11.9 Å². The van der Waals surface area contributed by atoms with Gasteiger partial charge in [-0.3, -0.25) is 4.79 Å². The van der Waals surface area contributed by atoms with Gasteiger partial charge >= 0.3 is 5.97 Å². The first-order valence-electron chi connectivity index (χ1n) is 7.86. The highest BCUT2D eigenvalue weighted by atomic mass is 16.5. The van der Waals surface area contributed by atoms with Crippen molar-refractivity contribution >= 4 is 5.97 Å². The summed E-state index contributed by atoms with van der Waals surface area (Å²) in [6, 6.07) is 6.17. The number of carbonyl (C=O) groups is 1. The second-order valence-electron chi connectivity index (χ2n) is 8.09. The quantitative estimate of drug-likeness (QED) is 0.830. The third kappa shape index (κ3) is 5.04. The van der Waals surface area contributed by atoms with Crippen LogP contribution in [0, 0.1) is 11.3 Å². The van der Waals surface area contributed by atoms with Crippen LogP contribution in [0.5, 0.6) is 5.75 Å². The van der Waals surface area contributed by atoms with E-state index in [2.05, 4.69) is 46.8 Å². The third-order valence-corrected chi connectivity index (χ3v) is 3.98. The highest BCUT2D eigenvalue weighted by molar-refractivity contribution is 5.70. The van der Waals surface area contributed by atoms with Crippen molar-refractivity contribution in [3.05, 3.63) is 29.3 Å². The lowest BCUT2D eigenvalue weighted by Crippen LogP contribution is -2.25. The third-order valence-electron chi connectivity index (χ3n) is 3.98. The summed E-state index contributed by atoms with van der Waals surface area (Å²) in [5, 5.41) is 9.15. The fourth-order valence-electron chi connectivity index (χ4n) is 3.20. The predicted octanol–water partition coefficient (Wildman–Crippen LogP) is 4.67. The molecule has 1 unspecified atom stereocenters. The van der Waals surface area contributed by atoms with E-state index >= 15 is 0 Å². The molecule has 0 amide bonds. The van der Waals surface area contributed by atoms with Gasteiger partial charge in [0.05, 0.1) is 13.0 Å². The molecule has 1 aromatic carbocycles. The van der Waals surface area contributed by atoms with Crippen LogP contribution in [-0.2, 0) is 16.6 Å². The standard InChI is InChI=1S/C19H30O3/c1-13(17(20)21)10-14-11-15(8-9-16(14)22-7)19(5,6)12-18(2,3)4/h8-9,11,13H,10,12H2,1-7H3,(H,20,21). The summed E-state index contributed by atoms with van der Waals surface area (Å²) in [6.07, 6.45) is 1.54. The van der Waals surface area contributed by atoms with Gasteiger partial charge < -0.3 is 9.84 Å². The normalized spacial score (nSPS) is 13.8. The van der Waals surface area contributed by atoms with Crippen LogP contribution >= 0.6 is 0 Å². The van der Waals surface area contributed by atoms with E-state index in [9.17, 15) is 4.79 Å². The maximum atomic E-state index is 11.1. The van der Waals surface area contributed by atoms with E-state index in [4.69, 9.17) is 9.84 Å². The zero-order valence-electron chi connectivity index (χ0n) is 15.0. The summed E-state index contributed by atoms with van der Waals surface area (Å²) in [6.45, 7) is 12.9. The van der Waals surface area contributed by atoms with Gasteiger partial charge in [0.1, 0.15) is 5.75 Å². The number of carboxylic acid groups (broad SMARTS) is 1. The fourth-order valence-corrected chi connectivity index (χ4v) is 3.20. The molecule has 0 saturated heterocycles. The summed E-state index contributed by atoms with van der Waals surface area (Å²) < 4.78 is 5.40. The summed E-state index contributed by atoms with van der Waals surface area (Å²) in [5.41, 5.74) is 2.47. The molecule has 0 aliphatic carbocycles.